The molecule has 0 spiro atoms. The third kappa shape index (κ3) is 3.54. The lowest BCUT2D eigenvalue weighted by atomic mass is 10.3. The van der Waals surface area contributed by atoms with E-state index in [0.717, 1.165) is 18.5 Å². The average molecular weight is 299 g/mol. The van der Waals surface area contributed by atoms with E-state index in [1.807, 2.05) is 12.3 Å². The van der Waals surface area contributed by atoms with Gasteiger partial charge in [0.1, 0.15) is 5.02 Å². The highest BCUT2D eigenvalue weighted by molar-refractivity contribution is 7.07. The molecule has 0 bridgehead atoms. The minimum atomic E-state index is -0.248. The summed E-state index contributed by atoms with van der Waals surface area (Å²) in [5.74, 6) is 0. The first kappa shape index (κ1) is 14.0. The summed E-state index contributed by atoms with van der Waals surface area (Å²) in [6, 6.07) is 0. The van der Waals surface area contributed by atoms with E-state index in [-0.39, 0.29) is 10.6 Å². The molecule has 5 nitrogen and oxygen atoms in total. The molecule has 0 aromatic carbocycles. The van der Waals surface area contributed by atoms with Crippen molar-refractivity contribution in [2.45, 2.75) is 26.3 Å². The zero-order chi connectivity index (χ0) is 13.7. The second-order valence-electron chi connectivity index (χ2n) is 4.06. The zero-order valence-corrected chi connectivity index (χ0v) is 12.2. The number of aromatic nitrogens is 3. The van der Waals surface area contributed by atoms with Crippen molar-refractivity contribution >= 4 is 28.6 Å². The van der Waals surface area contributed by atoms with Gasteiger partial charge in [-0.05, 0) is 6.42 Å². The minimum Gasteiger partial charge on any atom is -0.382 e. The number of hydrogen-bond acceptors (Lipinski definition) is 5. The van der Waals surface area contributed by atoms with Crippen molar-refractivity contribution in [2.24, 2.45) is 0 Å². The maximum absolute atomic E-state index is 11.9. The van der Waals surface area contributed by atoms with Crippen LogP contribution < -0.4 is 10.9 Å². The maximum atomic E-state index is 11.9. The number of nitrogens with zero attached hydrogens (tertiary/aromatic N) is 3. The summed E-state index contributed by atoms with van der Waals surface area (Å²) in [6.45, 7) is 3.24. The highest BCUT2D eigenvalue weighted by Crippen LogP contribution is 2.15. The van der Waals surface area contributed by atoms with Crippen LogP contribution in [0, 0.1) is 0 Å². The number of hydrogen-bond donors (Lipinski definition) is 1. The van der Waals surface area contributed by atoms with Crippen molar-refractivity contribution in [3.8, 4) is 0 Å². The average Bonchev–Trinajstić information content (AvgIpc) is 2.91. The molecular weight excluding hydrogens is 284 g/mol. The molecule has 7 heteroatoms. The van der Waals surface area contributed by atoms with E-state index in [1.165, 1.54) is 4.68 Å². The zero-order valence-electron chi connectivity index (χ0n) is 10.6. The molecule has 0 fully saturated rings. The number of anilines is 1. The van der Waals surface area contributed by atoms with Gasteiger partial charge in [-0.25, -0.2) is 9.67 Å². The molecule has 0 aliphatic carbocycles. The standard InChI is InChI=1S/C12H15ClN4OS/c1-2-5-17-12(18)11(13)10(6-16-17)14-4-3-9-7-19-8-15-9/h6-8,14H,2-5H2,1H3. The fourth-order valence-corrected chi connectivity index (χ4v) is 2.45. The van der Waals surface area contributed by atoms with Crippen molar-refractivity contribution in [2.75, 3.05) is 11.9 Å². The Hall–Kier alpha value is -1.40. The normalized spacial score (nSPS) is 10.6. The molecule has 2 aromatic rings. The molecule has 0 unspecified atom stereocenters. The largest absolute Gasteiger partial charge is 0.382 e. The summed E-state index contributed by atoms with van der Waals surface area (Å²) in [4.78, 5) is 16.1. The maximum Gasteiger partial charge on any atom is 0.287 e. The van der Waals surface area contributed by atoms with Crippen molar-refractivity contribution in [1.82, 2.24) is 14.8 Å². The molecule has 2 rings (SSSR count). The van der Waals surface area contributed by atoms with Crippen LogP contribution in [-0.4, -0.2) is 21.3 Å². The lowest BCUT2D eigenvalue weighted by Crippen LogP contribution is -2.24. The molecule has 2 heterocycles. The minimum absolute atomic E-state index is 0.196. The molecule has 1 N–H and O–H groups in total. The van der Waals surface area contributed by atoms with Gasteiger partial charge in [-0.1, -0.05) is 18.5 Å². The van der Waals surface area contributed by atoms with Gasteiger partial charge < -0.3 is 5.32 Å². The second kappa shape index (κ2) is 6.68. The monoisotopic (exact) mass is 298 g/mol. The smallest absolute Gasteiger partial charge is 0.287 e. The first-order chi connectivity index (χ1) is 9.22. The van der Waals surface area contributed by atoms with Crippen LogP contribution in [0.15, 0.2) is 21.9 Å². The lowest BCUT2D eigenvalue weighted by Gasteiger charge is -2.09. The Morgan fingerprint density at radius 2 is 2.37 bits per heavy atom. The molecule has 0 aliphatic rings. The van der Waals surface area contributed by atoms with Crippen molar-refractivity contribution in [1.29, 1.82) is 0 Å². The number of halogens is 1. The molecule has 0 amide bonds. The van der Waals surface area contributed by atoms with Gasteiger partial charge in [0, 0.05) is 24.9 Å². The quantitative estimate of drug-likeness (QED) is 0.890. The highest BCUT2D eigenvalue weighted by atomic mass is 35.5. The Labute approximate surface area is 120 Å². The van der Waals surface area contributed by atoms with Gasteiger partial charge in [0.15, 0.2) is 0 Å². The fraction of sp³-hybridized carbons (Fsp3) is 0.417. The van der Waals surface area contributed by atoms with Crippen molar-refractivity contribution < 1.29 is 0 Å². The summed E-state index contributed by atoms with van der Waals surface area (Å²) in [6.07, 6.45) is 3.23. The van der Waals surface area contributed by atoms with E-state index in [0.29, 0.717) is 18.8 Å². The first-order valence-corrected chi connectivity index (χ1v) is 7.41. The van der Waals surface area contributed by atoms with Crippen LogP contribution in [-0.2, 0) is 13.0 Å². The third-order valence-corrected chi connectivity index (χ3v) is 3.60. The SMILES string of the molecule is CCCn1ncc(NCCc2cscn2)c(Cl)c1=O. The Morgan fingerprint density at radius 1 is 1.53 bits per heavy atom. The van der Waals surface area contributed by atoms with Crippen LogP contribution in [0.2, 0.25) is 5.02 Å². The van der Waals surface area contributed by atoms with E-state index in [4.69, 9.17) is 11.6 Å². The predicted octanol–water partition coefficient (Wildman–Crippen LogP) is 2.42. The summed E-state index contributed by atoms with van der Waals surface area (Å²) in [5, 5.41) is 9.40. The van der Waals surface area contributed by atoms with E-state index in [1.54, 1.807) is 23.0 Å². The lowest BCUT2D eigenvalue weighted by molar-refractivity contribution is 0.568. The van der Waals surface area contributed by atoms with E-state index >= 15 is 0 Å². The van der Waals surface area contributed by atoms with Gasteiger partial charge in [0.2, 0.25) is 0 Å². The van der Waals surface area contributed by atoms with Crippen LogP contribution in [0.5, 0.6) is 0 Å². The molecule has 0 atom stereocenters. The predicted molar refractivity (Wildman–Crippen MR) is 78.1 cm³/mol. The molecule has 0 saturated heterocycles. The summed E-state index contributed by atoms with van der Waals surface area (Å²) in [7, 11) is 0. The Bertz CT molecular complexity index is 582. The van der Waals surface area contributed by atoms with Crippen LogP contribution in [0.3, 0.4) is 0 Å². The summed E-state index contributed by atoms with van der Waals surface area (Å²) < 4.78 is 1.38. The van der Waals surface area contributed by atoms with Gasteiger partial charge in [-0.2, -0.15) is 5.10 Å². The van der Waals surface area contributed by atoms with Crippen LogP contribution in [0.4, 0.5) is 5.69 Å². The number of thiazole rings is 1. The number of aryl methyl sites for hydroxylation is 1. The molecule has 0 aliphatic heterocycles. The molecule has 19 heavy (non-hydrogen) atoms. The Kier molecular flexibility index (Phi) is 4.93. The van der Waals surface area contributed by atoms with Crippen LogP contribution in [0.1, 0.15) is 19.0 Å². The summed E-state index contributed by atoms with van der Waals surface area (Å²) in [5.41, 5.74) is 3.16. The number of rotatable bonds is 6. The first-order valence-electron chi connectivity index (χ1n) is 6.09. The van der Waals surface area contributed by atoms with Gasteiger partial charge in [-0.15, -0.1) is 11.3 Å². The van der Waals surface area contributed by atoms with Crippen molar-refractivity contribution in [3.05, 3.63) is 38.2 Å². The van der Waals surface area contributed by atoms with E-state index in [9.17, 15) is 4.79 Å². The van der Waals surface area contributed by atoms with E-state index in [2.05, 4.69) is 15.4 Å². The molecule has 102 valence electrons. The Morgan fingerprint density at radius 3 is 3.05 bits per heavy atom. The summed E-state index contributed by atoms with van der Waals surface area (Å²) >= 11 is 7.61. The molecule has 2 aromatic heterocycles. The van der Waals surface area contributed by atoms with Crippen molar-refractivity contribution in [3.63, 3.8) is 0 Å². The third-order valence-electron chi connectivity index (χ3n) is 2.60. The van der Waals surface area contributed by atoms with Crippen LogP contribution in [0.25, 0.3) is 0 Å². The fourth-order valence-electron chi connectivity index (χ4n) is 1.65. The van der Waals surface area contributed by atoms with Crippen LogP contribution >= 0.6 is 22.9 Å². The Balaban J connectivity index is 2.01. The van der Waals surface area contributed by atoms with Gasteiger partial charge >= 0.3 is 0 Å². The van der Waals surface area contributed by atoms with Gasteiger partial charge in [0.05, 0.1) is 23.1 Å². The molecular formula is C12H15ClN4OS. The molecule has 0 saturated carbocycles. The second-order valence-corrected chi connectivity index (χ2v) is 5.15. The number of nitrogens with one attached hydrogen (secondary N) is 1. The topological polar surface area (TPSA) is 59.8 Å². The van der Waals surface area contributed by atoms with Gasteiger partial charge in [0.25, 0.3) is 5.56 Å². The highest BCUT2D eigenvalue weighted by Gasteiger charge is 2.08. The van der Waals surface area contributed by atoms with Gasteiger partial charge in [-0.3, -0.25) is 4.79 Å². The molecule has 0 radical (unpaired) electrons. The van der Waals surface area contributed by atoms with E-state index < -0.39 is 0 Å².